The lowest BCUT2D eigenvalue weighted by Gasteiger charge is -2.21. The van der Waals surface area contributed by atoms with Gasteiger partial charge in [-0.2, -0.15) is 0 Å². The number of nitrogens with zero attached hydrogens (tertiary/aromatic N) is 1. The molecule has 5 rings (SSSR count). The molecule has 5 aromatic rings. The van der Waals surface area contributed by atoms with Crippen molar-refractivity contribution in [1.82, 2.24) is 5.32 Å². The first kappa shape index (κ1) is 28.5. The van der Waals surface area contributed by atoms with Crippen LogP contribution < -0.4 is 14.9 Å². The summed E-state index contributed by atoms with van der Waals surface area (Å²) in [5, 5.41) is 14.1. The highest BCUT2D eigenvalue weighted by molar-refractivity contribution is 7.92. The van der Waals surface area contributed by atoms with E-state index in [-0.39, 0.29) is 22.6 Å². The van der Waals surface area contributed by atoms with E-state index in [0.29, 0.717) is 39.0 Å². The van der Waals surface area contributed by atoms with Crippen molar-refractivity contribution in [3.8, 4) is 22.5 Å². The Kier molecular flexibility index (Phi) is 7.53. The molecule has 0 bridgehead atoms. The van der Waals surface area contributed by atoms with Gasteiger partial charge in [0, 0.05) is 59.8 Å². The molecule has 1 aromatic heterocycles. The Balaban J connectivity index is 1.77. The van der Waals surface area contributed by atoms with Crippen LogP contribution in [0.3, 0.4) is 0 Å². The van der Waals surface area contributed by atoms with E-state index in [1.165, 1.54) is 50.5 Å². The van der Waals surface area contributed by atoms with Gasteiger partial charge in [-0.3, -0.25) is 9.10 Å². The number of nitrogens with one attached hydrogen (secondary N) is 3. The van der Waals surface area contributed by atoms with Gasteiger partial charge in [-0.1, -0.05) is 12.1 Å². The summed E-state index contributed by atoms with van der Waals surface area (Å²) in [5.41, 5.74) is 3.88. The summed E-state index contributed by atoms with van der Waals surface area (Å²) in [5.74, 6) is -1.09. The van der Waals surface area contributed by atoms with Crippen LogP contribution in [0.15, 0.2) is 83.3 Å². The van der Waals surface area contributed by atoms with Gasteiger partial charge in [0.2, 0.25) is 10.0 Å². The van der Waals surface area contributed by atoms with Crippen molar-refractivity contribution in [2.24, 2.45) is 0 Å². The van der Waals surface area contributed by atoms with Gasteiger partial charge in [0.05, 0.1) is 17.5 Å². The third kappa shape index (κ3) is 5.46. The summed E-state index contributed by atoms with van der Waals surface area (Å²) in [6.07, 6.45) is 2.24. The van der Waals surface area contributed by atoms with Gasteiger partial charge in [0.25, 0.3) is 5.91 Å². The average molecular weight is 589 g/mol. The Morgan fingerprint density at radius 1 is 0.929 bits per heavy atom. The van der Waals surface area contributed by atoms with Crippen LogP contribution in [-0.2, 0) is 10.0 Å². The number of rotatable bonds is 8. The number of carbonyl (C=O) groups is 1. The number of carbonyl (C=O) groups excluding carboxylic acids is 1. The average Bonchev–Trinajstić information content (AvgIpc) is 3.35. The third-order valence-electron chi connectivity index (χ3n) is 6.85. The maximum atomic E-state index is 13.7. The van der Waals surface area contributed by atoms with E-state index in [4.69, 9.17) is 9.83 Å². The van der Waals surface area contributed by atoms with E-state index in [9.17, 15) is 22.0 Å². The van der Waals surface area contributed by atoms with Crippen LogP contribution in [0.25, 0.3) is 33.4 Å². The largest absolute Gasteiger partial charge is 0.455 e. The number of anilines is 3. The number of benzene rings is 4. The first-order valence-electron chi connectivity index (χ1n) is 12.7. The second-order valence-corrected chi connectivity index (χ2v) is 11.6. The fourth-order valence-corrected chi connectivity index (χ4v) is 5.11. The van der Waals surface area contributed by atoms with E-state index in [0.717, 1.165) is 16.8 Å². The predicted octanol–water partition coefficient (Wildman–Crippen LogP) is 6.54. The Morgan fingerprint density at radius 2 is 1.55 bits per heavy atom. The minimum Gasteiger partial charge on any atom is -0.455 e. The maximum Gasteiger partial charge on any atom is 0.255 e. The number of halogens is 2. The summed E-state index contributed by atoms with van der Waals surface area (Å²) in [6.45, 7) is 0. The molecule has 0 spiro atoms. The van der Waals surface area contributed by atoms with Crippen molar-refractivity contribution in [3.63, 3.8) is 0 Å². The number of fused-ring (bicyclic) bond motifs is 1. The molecule has 8 nitrogen and oxygen atoms in total. The lowest BCUT2D eigenvalue weighted by atomic mass is 9.97. The fraction of sp³-hybridized carbons (Fsp3) is 0.0968. The van der Waals surface area contributed by atoms with Crippen LogP contribution in [0.1, 0.15) is 15.9 Å². The Hall–Kier alpha value is -5.03. The first-order valence-corrected chi connectivity index (χ1v) is 14.5. The molecule has 0 aliphatic carbocycles. The summed E-state index contributed by atoms with van der Waals surface area (Å²) in [6, 6.07) is 19.6. The zero-order valence-corrected chi connectivity index (χ0v) is 23.6. The molecular weight excluding hydrogens is 562 g/mol. The number of hydrogen-bond acceptors (Lipinski definition) is 6. The summed E-state index contributed by atoms with van der Waals surface area (Å²) >= 11 is 0. The molecule has 0 saturated heterocycles. The van der Waals surface area contributed by atoms with E-state index >= 15 is 0 Å². The van der Waals surface area contributed by atoms with Crippen LogP contribution in [0, 0.1) is 17.0 Å². The minimum atomic E-state index is -3.73. The van der Waals surface area contributed by atoms with Gasteiger partial charge in [-0.05, 0) is 66.2 Å². The molecular formula is C31H26F2N4O4S. The monoisotopic (exact) mass is 588 g/mol. The fourth-order valence-electron chi connectivity index (χ4n) is 4.60. The number of sulfonamides is 1. The summed E-state index contributed by atoms with van der Waals surface area (Å²) in [7, 11) is -0.841. The molecule has 1 heterocycles. The van der Waals surface area contributed by atoms with Crippen LogP contribution in [0.4, 0.5) is 25.8 Å². The SMILES string of the molecule is CNC(=O)c1c(-c2ccc(F)cc2)oc2cc(N(C)S(C)(=O)=O)c(-c3ccc(C=N)c(Nc4ccc(F)cc4)c3)cc12. The normalized spacial score (nSPS) is 11.4. The Labute approximate surface area is 241 Å². The van der Waals surface area contributed by atoms with Crippen molar-refractivity contribution < 1.29 is 26.4 Å². The van der Waals surface area contributed by atoms with Crippen LogP contribution in [0.5, 0.6) is 0 Å². The van der Waals surface area contributed by atoms with E-state index < -0.39 is 27.6 Å². The topological polar surface area (TPSA) is 116 Å². The van der Waals surface area contributed by atoms with Crippen LogP contribution >= 0.6 is 0 Å². The molecule has 1 amide bonds. The summed E-state index contributed by atoms with van der Waals surface area (Å²) < 4.78 is 59.7. The van der Waals surface area contributed by atoms with E-state index in [2.05, 4.69) is 10.6 Å². The first-order chi connectivity index (χ1) is 20.0. The van der Waals surface area contributed by atoms with Crippen LogP contribution in [-0.4, -0.2) is 40.9 Å². The lowest BCUT2D eigenvalue weighted by Crippen LogP contribution is -2.25. The molecule has 0 unspecified atom stereocenters. The highest BCUT2D eigenvalue weighted by Crippen LogP contribution is 2.42. The Morgan fingerprint density at radius 3 is 2.14 bits per heavy atom. The number of furan rings is 1. The smallest absolute Gasteiger partial charge is 0.255 e. The van der Waals surface area contributed by atoms with Gasteiger partial charge in [0.15, 0.2) is 0 Å². The molecule has 3 N–H and O–H groups in total. The Bertz CT molecular complexity index is 1940. The van der Waals surface area contributed by atoms with Gasteiger partial charge < -0.3 is 20.5 Å². The minimum absolute atomic E-state index is 0.201. The van der Waals surface area contributed by atoms with Gasteiger partial charge in [-0.25, -0.2) is 17.2 Å². The summed E-state index contributed by atoms with van der Waals surface area (Å²) in [4.78, 5) is 13.1. The standard InChI is InChI=1S/C31H26F2N4O4S/c1-35-31(38)29-25-15-24(19-4-5-20(17-34)26(14-19)36-23-12-10-22(33)11-13-23)27(37(2)42(3,39)40)16-28(25)41-30(29)18-6-8-21(32)9-7-18/h4-17,34,36H,1-3H3,(H,35,38). The molecule has 42 heavy (non-hydrogen) atoms. The second kappa shape index (κ2) is 11.1. The quantitative estimate of drug-likeness (QED) is 0.178. The predicted molar refractivity (Wildman–Crippen MR) is 161 cm³/mol. The molecule has 0 radical (unpaired) electrons. The van der Waals surface area contributed by atoms with Crippen molar-refractivity contribution in [2.45, 2.75) is 0 Å². The van der Waals surface area contributed by atoms with Crippen molar-refractivity contribution in [1.29, 1.82) is 5.41 Å². The molecule has 0 saturated carbocycles. The molecule has 0 aliphatic heterocycles. The van der Waals surface area contributed by atoms with E-state index in [1.807, 2.05) is 0 Å². The zero-order valence-electron chi connectivity index (χ0n) is 22.8. The van der Waals surface area contributed by atoms with Crippen molar-refractivity contribution >= 4 is 50.2 Å². The van der Waals surface area contributed by atoms with Gasteiger partial charge in [0.1, 0.15) is 23.0 Å². The van der Waals surface area contributed by atoms with Crippen molar-refractivity contribution in [3.05, 3.63) is 102 Å². The molecule has 0 fully saturated rings. The van der Waals surface area contributed by atoms with Gasteiger partial charge in [-0.15, -0.1) is 0 Å². The van der Waals surface area contributed by atoms with E-state index in [1.54, 1.807) is 42.5 Å². The lowest BCUT2D eigenvalue weighted by molar-refractivity contribution is 0.0964. The third-order valence-corrected chi connectivity index (χ3v) is 8.04. The maximum absolute atomic E-state index is 13.7. The molecule has 214 valence electrons. The molecule has 0 atom stereocenters. The second-order valence-electron chi connectivity index (χ2n) is 9.57. The van der Waals surface area contributed by atoms with Crippen LogP contribution in [0.2, 0.25) is 0 Å². The number of amides is 1. The molecule has 0 aliphatic rings. The number of hydrogen-bond donors (Lipinski definition) is 3. The molecule has 11 heteroatoms. The highest BCUT2D eigenvalue weighted by Gasteiger charge is 2.26. The highest BCUT2D eigenvalue weighted by atomic mass is 32.2. The zero-order chi connectivity index (χ0) is 30.2. The van der Waals surface area contributed by atoms with Crippen molar-refractivity contribution in [2.75, 3.05) is 30.0 Å². The van der Waals surface area contributed by atoms with Gasteiger partial charge >= 0.3 is 0 Å². The molecule has 4 aromatic carbocycles.